The highest BCUT2D eigenvalue weighted by Crippen LogP contribution is 2.40. The van der Waals surface area contributed by atoms with Gasteiger partial charge in [-0.25, -0.2) is 0 Å². The zero-order valence-corrected chi connectivity index (χ0v) is 14.4. The normalized spacial score (nSPS) is 20.0. The van der Waals surface area contributed by atoms with Gasteiger partial charge in [-0.2, -0.15) is 10.5 Å². The third-order valence-electron chi connectivity index (χ3n) is 4.44. The summed E-state index contributed by atoms with van der Waals surface area (Å²) in [5, 5.41) is 31.5. The summed E-state index contributed by atoms with van der Waals surface area (Å²) < 4.78 is 5.83. The molecule has 3 rings (SSSR count). The van der Waals surface area contributed by atoms with Gasteiger partial charge in [0.25, 0.3) is 5.91 Å². The van der Waals surface area contributed by atoms with Crippen molar-refractivity contribution >= 4 is 5.91 Å². The summed E-state index contributed by atoms with van der Waals surface area (Å²) in [6.45, 7) is 3.47. The molecule has 0 saturated carbocycles. The Kier molecular flexibility index (Phi) is 4.38. The van der Waals surface area contributed by atoms with Crippen molar-refractivity contribution in [3.8, 4) is 17.9 Å². The lowest BCUT2D eigenvalue weighted by molar-refractivity contribution is -0.0627. The fourth-order valence-electron chi connectivity index (χ4n) is 2.95. The van der Waals surface area contributed by atoms with Gasteiger partial charge in [-0.3, -0.25) is 4.79 Å². The molecule has 2 aromatic carbocycles. The molecule has 6 nitrogen and oxygen atoms in total. The smallest absolute Gasteiger partial charge is 0.251 e. The fraction of sp³-hybridized carbons (Fsp3) is 0.250. The molecule has 0 radical (unpaired) electrons. The SMILES string of the molecule is CC1(C)Oc2ccc(C#N)cc2C(NC(=O)c2ccc(C#N)cc2)C1O. The number of hydrogen-bond acceptors (Lipinski definition) is 5. The summed E-state index contributed by atoms with van der Waals surface area (Å²) in [5.74, 6) is 0.133. The number of nitrogens with zero attached hydrogens (tertiary/aromatic N) is 2. The number of nitrogens with one attached hydrogen (secondary N) is 1. The quantitative estimate of drug-likeness (QED) is 0.868. The standard InChI is InChI=1S/C20H17N3O3/c1-20(2)18(24)17(15-9-13(11-22)5-8-16(15)26-20)23-19(25)14-6-3-12(10-21)4-7-14/h3-9,17-18,24H,1-2H3,(H,23,25). The van der Waals surface area contributed by atoms with Gasteiger partial charge in [-0.1, -0.05) is 0 Å². The second-order valence-corrected chi connectivity index (χ2v) is 6.66. The molecule has 0 aliphatic carbocycles. The second kappa shape index (κ2) is 6.51. The van der Waals surface area contributed by atoms with Crippen LogP contribution in [0.1, 0.15) is 46.9 Å². The van der Waals surface area contributed by atoms with Crippen LogP contribution in [0, 0.1) is 22.7 Å². The Balaban J connectivity index is 1.96. The number of hydrogen-bond donors (Lipinski definition) is 2. The van der Waals surface area contributed by atoms with Crippen LogP contribution in [0.4, 0.5) is 0 Å². The molecule has 2 N–H and O–H groups in total. The van der Waals surface area contributed by atoms with E-state index in [4.69, 9.17) is 15.3 Å². The van der Waals surface area contributed by atoms with Gasteiger partial charge in [0.1, 0.15) is 17.5 Å². The molecular formula is C20H17N3O3. The lowest BCUT2D eigenvalue weighted by Gasteiger charge is -2.42. The Hall–Kier alpha value is -3.35. The van der Waals surface area contributed by atoms with Gasteiger partial charge in [0.2, 0.25) is 0 Å². The van der Waals surface area contributed by atoms with Crippen LogP contribution in [0.5, 0.6) is 5.75 Å². The van der Waals surface area contributed by atoms with Crippen LogP contribution in [0.2, 0.25) is 0 Å². The maximum Gasteiger partial charge on any atom is 0.251 e. The fourth-order valence-corrected chi connectivity index (χ4v) is 2.95. The van der Waals surface area contributed by atoms with E-state index < -0.39 is 17.7 Å². The third-order valence-corrected chi connectivity index (χ3v) is 4.44. The highest BCUT2D eigenvalue weighted by Gasteiger charge is 2.43. The third kappa shape index (κ3) is 3.11. The van der Waals surface area contributed by atoms with E-state index in [2.05, 4.69) is 11.4 Å². The summed E-state index contributed by atoms with van der Waals surface area (Å²) in [7, 11) is 0. The molecule has 0 spiro atoms. The van der Waals surface area contributed by atoms with E-state index in [0.717, 1.165) is 0 Å². The van der Waals surface area contributed by atoms with Crippen molar-refractivity contribution in [2.75, 3.05) is 0 Å². The number of aliphatic hydroxyl groups is 1. The number of fused-ring (bicyclic) bond motifs is 1. The maximum atomic E-state index is 12.6. The van der Waals surface area contributed by atoms with Gasteiger partial charge in [-0.15, -0.1) is 0 Å². The minimum atomic E-state index is -1.01. The van der Waals surface area contributed by atoms with E-state index >= 15 is 0 Å². The number of amides is 1. The molecule has 0 saturated heterocycles. The Labute approximate surface area is 151 Å². The molecule has 6 heteroatoms. The number of nitriles is 2. The molecule has 2 aromatic rings. The monoisotopic (exact) mass is 347 g/mol. The van der Waals surface area contributed by atoms with Gasteiger partial charge in [0.15, 0.2) is 0 Å². The van der Waals surface area contributed by atoms with E-state index in [1.807, 2.05) is 6.07 Å². The molecule has 2 unspecified atom stereocenters. The zero-order chi connectivity index (χ0) is 18.9. The van der Waals surface area contributed by atoms with Crippen molar-refractivity contribution in [3.05, 3.63) is 64.7 Å². The minimum Gasteiger partial charge on any atom is -0.485 e. The van der Waals surface area contributed by atoms with Crippen molar-refractivity contribution in [1.29, 1.82) is 10.5 Å². The van der Waals surface area contributed by atoms with Crippen LogP contribution in [-0.2, 0) is 0 Å². The second-order valence-electron chi connectivity index (χ2n) is 6.66. The van der Waals surface area contributed by atoms with Gasteiger partial charge >= 0.3 is 0 Å². The van der Waals surface area contributed by atoms with Crippen molar-refractivity contribution in [3.63, 3.8) is 0 Å². The van der Waals surface area contributed by atoms with Crippen molar-refractivity contribution in [1.82, 2.24) is 5.32 Å². The first-order chi connectivity index (χ1) is 12.4. The van der Waals surface area contributed by atoms with E-state index in [-0.39, 0.29) is 5.91 Å². The zero-order valence-electron chi connectivity index (χ0n) is 14.4. The number of benzene rings is 2. The summed E-state index contributed by atoms with van der Waals surface area (Å²) in [4.78, 5) is 12.6. The molecule has 0 fully saturated rings. The van der Waals surface area contributed by atoms with Crippen molar-refractivity contribution in [2.24, 2.45) is 0 Å². The van der Waals surface area contributed by atoms with Crippen molar-refractivity contribution < 1.29 is 14.6 Å². The van der Waals surface area contributed by atoms with Crippen molar-refractivity contribution in [2.45, 2.75) is 31.6 Å². The molecular weight excluding hydrogens is 330 g/mol. The van der Waals surface area contributed by atoms with Crippen LogP contribution in [-0.4, -0.2) is 22.7 Å². The Morgan fingerprint density at radius 1 is 1.12 bits per heavy atom. The molecule has 2 atom stereocenters. The van der Waals surface area contributed by atoms with Crippen LogP contribution in [0.25, 0.3) is 0 Å². The average molecular weight is 347 g/mol. The molecule has 0 bridgehead atoms. The topological polar surface area (TPSA) is 106 Å². The largest absolute Gasteiger partial charge is 0.485 e. The molecule has 1 aliphatic heterocycles. The minimum absolute atomic E-state index is 0.374. The summed E-state index contributed by atoms with van der Waals surface area (Å²) in [6, 6.07) is 14.4. The highest BCUT2D eigenvalue weighted by molar-refractivity contribution is 5.94. The Bertz CT molecular complexity index is 936. The van der Waals surface area contributed by atoms with Gasteiger partial charge < -0.3 is 15.2 Å². The number of aliphatic hydroxyl groups excluding tert-OH is 1. The van der Waals surface area contributed by atoms with E-state index in [0.29, 0.717) is 28.0 Å². The molecule has 1 heterocycles. The van der Waals surface area contributed by atoms with Crippen LogP contribution < -0.4 is 10.1 Å². The molecule has 1 amide bonds. The molecule has 26 heavy (non-hydrogen) atoms. The average Bonchev–Trinajstić information content (AvgIpc) is 2.65. The van der Waals surface area contributed by atoms with E-state index in [9.17, 15) is 9.90 Å². The maximum absolute atomic E-state index is 12.6. The van der Waals surface area contributed by atoms with Crippen LogP contribution in [0.15, 0.2) is 42.5 Å². The van der Waals surface area contributed by atoms with Gasteiger partial charge in [0, 0.05) is 11.1 Å². The van der Waals surface area contributed by atoms with E-state index in [1.54, 1.807) is 56.3 Å². The predicted octanol–water partition coefficient (Wildman–Crippen LogP) is 2.43. The number of carbonyl (C=O) groups is 1. The highest BCUT2D eigenvalue weighted by atomic mass is 16.5. The first-order valence-corrected chi connectivity index (χ1v) is 8.08. The summed E-state index contributed by atoms with van der Waals surface area (Å²) in [5.41, 5.74) is 0.884. The predicted molar refractivity (Wildman–Crippen MR) is 93.2 cm³/mol. The summed E-state index contributed by atoms with van der Waals surface area (Å²) in [6.07, 6.45) is -1.01. The number of ether oxygens (including phenoxy) is 1. The Morgan fingerprint density at radius 3 is 2.35 bits per heavy atom. The molecule has 130 valence electrons. The molecule has 1 aliphatic rings. The van der Waals surface area contributed by atoms with Gasteiger partial charge in [-0.05, 0) is 56.3 Å². The lowest BCUT2D eigenvalue weighted by atomic mass is 9.85. The first-order valence-electron chi connectivity index (χ1n) is 8.08. The van der Waals surface area contributed by atoms with Crippen LogP contribution in [0.3, 0.4) is 0 Å². The Morgan fingerprint density at radius 2 is 1.73 bits per heavy atom. The van der Waals surface area contributed by atoms with E-state index in [1.165, 1.54) is 0 Å². The van der Waals surface area contributed by atoms with Gasteiger partial charge in [0.05, 0.1) is 29.3 Å². The lowest BCUT2D eigenvalue weighted by Crippen LogP contribution is -2.53. The summed E-state index contributed by atoms with van der Waals surface area (Å²) >= 11 is 0. The first kappa shape index (κ1) is 17.5. The number of rotatable bonds is 2. The molecule has 0 aromatic heterocycles. The number of carbonyl (C=O) groups excluding carboxylic acids is 1. The van der Waals surface area contributed by atoms with Crippen LogP contribution >= 0.6 is 0 Å².